The van der Waals surface area contributed by atoms with E-state index in [1.54, 1.807) is 6.26 Å². The molecule has 2 aliphatic carbocycles. The van der Waals surface area contributed by atoms with Crippen molar-refractivity contribution in [2.75, 3.05) is 6.61 Å². The third kappa shape index (κ3) is 1.36. The van der Waals surface area contributed by atoms with Crippen LogP contribution in [0.3, 0.4) is 0 Å². The van der Waals surface area contributed by atoms with Crippen LogP contribution >= 0.6 is 0 Å². The monoisotopic (exact) mass is 194 g/mol. The molecule has 5 atom stereocenters. The maximum atomic E-state index is 5.61. The molecule has 78 valence electrons. The van der Waals surface area contributed by atoms with Gasteiger partial charge in [-0.25, -0.2) is 0 Å². The number of rotatable bonds is 3. The van der Waals surface area contributed by atoms with Crippen molar-refractivity contribution in [1.82, 2.24) is 0 Å². The van der Waals surface area contributed by atoms with Crippen molar-refractivity contribution in [3.63, 3.8) is 0 Å². The first kappa shape index (κ1) is 8.78. The highest BCUT2D eigenvalue weighted by Crippen LogP contribution is 2.53. The predicted octanol–water partition coefficient (Wildman–Crippen LogP) is 2.35. The molecule has 1 heterocycles. The lowest BCUT2D eigenvalue weighted by molar-refractivity contribution is 0.0861. The average Bonchev–Trinajstić information content (AvgIpc) is 2.89. The second-order valence-electron chi connectivity index (χ2n) is 4.98. The van der Waals surface area contributed by atoms with Gasteiger partial charge in [-0.2, -0.15) is 0 Å². The summed E-state index contributed by atoms with van der Waals surface area (Å²) in [5, 5.41) is 0. The zero-order chi connectivity index (χ0) is 9.54. The molecule has 1 saturated heterocycles. The van der Waals surface area contributed by atoms with Crippen molar-refractivity contribution in [2.45, 2.75) is 37.9 Å². The molecule has 0 radical (unpaired) electrons. The van der Waals surface area contributed by atoms with E-state index in [0.29, 0.717) is 12.2 Å². The summed E-state index contributed by atoms with van der Waals surface area (Å²) in [6.07, 6.45) is 8.23. The van der Waals surface area contributed by atoms with E-state index in [2.05, 4.69) is 6.58 Å². The summed E-state index contributed by atoms with van der Waals surface area (Å²) < 4.78 is 10.9. The van der Waals surface area contributed by atoms with Gasteiger partial charge in [-0.3, -0.25) is 0 Å². The number of fused-ring (bicyclic) bond motifs is 3. The lowest BCUT2D eigenvalue weighted by atomic mass is 9.75. The zero-order valence-electron chi connectivity index (χ0n) is 8.52. The van der Waals surface area contributed by atoms with Crippen LogP contribution in [0.25, 0.3) is 0 Å². The van der Waals surface area contributed by atoms with Crippen LogP contribution < -0.4 is 0 Å². The van der Waals surface area contributed by atoms with Gasteiger partial charge in [-0.15, -0.1) is 0 Å². The first-order valence-electron chi connectivity index (χ1n) is 5.76. The second kappa shape index (κ2) is 3.27. The van der Waals surface area contributed by atoms with Crippen LogP contribution in [0.1, 0.15) is 25.7 Å². The first-order valence-corrected chi connectivity index (χ1v) is 5.76. The Bertz CT molecular complexity index is 238. The van der Waals surface area contributed by atoms with Gasteiger partial charge in [0.2, 0.25) is 0 Å². The van der Waals surface area contributed by atoms with E-state index in [-0.39, 0.29) is 0 Å². The highest BCUT2D eigenvalue weighted by Gasteiger charge is 2.56. The van der Waals surface area contributed by atoms with E-state index in [9.17, 15) is 0 Å². The van der Waals surface area contributed by atoms with E-state index >= 15 is 0 Å². The van der Waals surface area contributed by atoms with Crippen molar-refractivity contribution < 1.29 is 9.47 Å². The minimum absolute atomic E-state index is 0.631. The molecule has 0 aromatic heterocycles. The number of hydrogen-bond acceptors (Lipinski definition) is 2. The van der Waals surface area contributed by atoms with Crippen molar-refractivity contribution in [3.8, 4) is 0 Å². The molecule has 2 heteroatoms. The Labute approximate surface area is 85.3 Å². The molecule has 2 nitrogen and oxygen atoms in total. The first-order chi connectivity index (χ1) is 6.88. The molecule has 0 aromatic rings. The van der Waals surface area contributed by atoms with Crippen LogP contribution in [-0.2, 0) is 9.47 Å². The molecule has 1 aliphatic heterocycles. The Morgan fingerprint density at radius 3 is 3.14 bits per heavy atom. The average molecular weight is 194 g/mol. The van der Waals surface area contributed by atoms with E-state index < -0.39 is 0 Å². The van der Waals surface area contributed by atoms with Crippen LogP contribution in [-0.4, -0.2) is 18.8 Å². The van der Waals surface area contributed by atoms with E-state index in [0.717, 1.165) is 24.4 Å². The van der Waals surface area contributed by atoms with Crippen LogP contribution in [0.2, 0.25) is 0 Å². The van der Waals surface area contributed by atoms with Gasteiger partial charge < -0.3 is 9.47 Å². The molecule has 2 saturated carbocycles. The van der Waals surface area contributed by atoms with Gasteiger partial charge >= 0.3 is 0 Å². The number of hydrogen-bond donors (Lipinski definition) is 0. The maximum absolute atomic E-state index is 5.61. The molecule has 0 bridgehead atoms. The highest BCUT2D eigenvalue weighted by atomic mass is 16.6. The Hall–Kier alpha value is -0.500. The standard InChI is InChI=1S/C12H18O2/c1-2-13-7-8-3-4-9-6-11-12(14-11)10(9)5-8/h2,8-12H,1,3-7H2. The van der Waals surface area contributed by atoms with Gasteiger partial charge in [0.05, 0.1) is 25.1 Å². The molecule has 0 aromatic carbocycles. The molecule has 0 N–H and O–H groups in total. The van der Waals surface area contributed by atoms with E-state index in [1.807, 2.05) is 0 Å². The van der Waals surface area contributed by atoms with Gasteiger partial charge in [0.25, 0.3) is 0 Å². The Morgan fingerprint density at radius 1 is 1.36 bits per heavy atom. The molecule has 14 heavy (non-hydrogen) atoms. The molecule has 5 unspecified atom stereocenters. The molecule has 3 aliphatic rings. The van der Waals surface area contributed by atoms with Gasteiger partial charge in [-0.1, -0.05) is 6.58 Å². The molecule has 0 spiro atoms. The quantitative estimate of drug-likeness (QED) is 0.508. The molecular weight excluding hydrogens is 176 g/mol. The summed E-state index contributed by atoms with van der Waals surface area (Å²) in [6.45, 7) is 4.45. The highest BCUT2D eigenvalue weighted by molar-refractivity contribution is 5.04. The lowest BCUT2D eigenvalue weighted by Crippen LogP contribution is -2.27. The fourth-order valence-electron chi connectivity index (χ4n) is 3.43. The summed E-state index contributed by atoms with van der Waals surface area (Å²) in [5.74, 6) is 2.57. The molecule has 3 fully saturated rings. The van der Waals surface area contributed by atoms with Gasteiger partial charge in [0.1, 0.15) is 0 Å². The Balaban J connectivity index is 1.57. The minimum Gasteiger partial charge on any atom is -0.502 e. The SMILES string of the molecule is C=COCC1CCC2CC3OC3C2C1. The summed E-state index contributed by atoms with van der Waals surface area (Å²) in [4.78, 5) is 0. The lowest BCUT2D eigenvalue weighted by Gasteiger charge is -2.32. The minimum atomic E-state index is 0.631. The van der Waals surface area contributed by atoms with Gasteiger partial charge in [0, 0.05) is 0 Å². The largest absolute Gasteiger partial charge is 0.502 e. The van der Waals surface area contributed by atoms with Crippen LogP contribution in [0.4, 0.5) is 0 Å². The topological polar surface area (TPSA) is 21.8 Å². The third-order valence-corrected chi connectivity index (χ3v) is 4.19. The van der Waals surface area contributed by atoms with Crippen molar-refractivity contribution in [1.29, 1.82) is 0 Å². The third-order valence-electron chi connectivity index (χ3n) is 4.19. The molecule has 3 rings (SSSR count). The summed E-state index contributed by atoms with van der Waals surface area (Å²) >= 11 is 0. The molecule has 0 amide bonds. The van der Waals surface area contributed by atoms with Crippen LogP contribution in [0.15, 0.2) is 12.8 Å². The Morgan fingerprint density at radius 2 is 2.29 bits per heavy atom. The summed E-state index contributed by atoms with van der Waals surface area (Å²) in [5.41, 5.74) is 0. The van der Waals surface area contributed by atoms with Crippen LogP contribution in [0, 0.1) is 17.8 Å². The number of epoxide rings is 1. The predicted molar refractivity (Wildman–Crippen MR) is 53.7 cm³/mol. The normalized spacial score (nSPS) is 49.3. The van der Waals surface area contributed by atoms with Gasteiger partial charge in [0.15, 0.2) is 0 Å². The second-order valence-corrected chi connectivity index (χ2v) is 4.98. The fraction of sp³-hybridized carbons (Fsp3) is 0.833. The van der Waals surface area contributed by atoms with Crippen molar-refractivity contribution in [2.24, 2.45) is 17.8 Å². The van der Waals surface area contributed by atoms with Gasteiger partial charge in [-0.05, 0) is 43.4 Å². The zero-order valence-corrected chi connectivity index (χ0v) is 8.52. The Kier molecular flexibility index (Phi) is 2.05. The molecular formula is C12H18O2. The van der Waals surface area contributed by atoms with Crippen molar-refractivity contribution >= 4 is 0 Å². The smallest absolute Gasteiger partial charge is 0.0901 e. The van der Waals surface area contributed by atoms with Crippen molar-refractivity contribution in [3.05, 3.63) is 12.8 Å². The summed E-state index contributed by atoms with van der Waals surface area (Å²) in [6, 6.07) is 0. The van der Waals surface area contributed by atoms with Crippen LogP contribution in [0.5, 0.6) is 0 Å². The summed E-state index contributed by atoms with van der Waals surface area (Å²) in [7, 11) is 0. The maximum Gasteiger partial charge on any atom is 0.0901 e. The number of ether oxygens (including phenoxy) is 2. The fourth-order valence-corrected chi connectivity index (χ4v) is 3.43. The van der Waals surface area contributed by atoms with E-state index in [1.165, 1.54) is 25.7 Å². The van der Waals surface area contributed by atoms with E-state index in [4.69, 9.17) is 9.47 Å².